The predicted molar refractivity (Wildman–Crippen MR) is 142 cm³/mol. The number of alkyl halides is 3. The van der Waals surface area contributed by atoms with Crippen LogP contribution in [-0.2, 0) is 12.7 Å². The normalized spacial score (nSPS) is 11.5. The minimum absolute atomic E-state index is 0.0647. The van der Waals surface area contributed by atoms with Crippen molar-refractivity contribution >= 4 is 17.4 Å². The third kappa shape index (κ3) is 7.32. The number of anilines is 2. The van der Waals surface area contributed by atoms with Crippen molar-refractivity contribution in [3.05, 3.63) is 78.5 Å². The highest BCUT2D eigenvalue weighted by Crippen LogP contribution is 2.31. The Labute approximate surface area is 227 Å². The average Bonchev–Trinajstić information content (AvgIpc) is 3.39. The van der Waals surface area contributed by atoms with Gasteiger partial charge in [-0.25, -0.2) is 9.18 Å². The number of pyridine rings is 1. The molecule has 4 aromatic rings. The standard InChI is InChI=1S/C27H27F4N7O2/c1-3-37(4-2)12-13-38-17-33-36-25(38)23-16-21(10-11-32-23)40-24-9-8-20(15-22(24)28)35-26(39)34-19-7-5-6-18(14-19)27(29,30)31/h5-11,14-17H,3-4,12-13H2,1-2H3,(H2,34,35,39). The quantitative estimate of drug-likeness (QED) is 0.223. The monoisotopic (exact) mass is 557 g/mol. The molecular formula is C27H27F4N7O2. The number of carbonyl (C=O) groups excluding carboxylic acids is 1. The molecule has 0 saturated heterocycles. The van der Waals surface area contributed by atoms with Gasteiger partial charge in [-0.15, -0.1) is 10.2 Å². The van der Waals surface area contributed by atoms with Gasteiger partial charge in [0.1, 0.15) is 17.8 Å². The molecule has 9 nitrogen and oxygen atoms in total. The molecule has 0 radical (unpaired) electrons. The molecule has 0 bridgehead atoms. The van der Waals surface area contributed by atoms with Crippen LogP contribution < -0.4 is 15.4 Å². The molecular weight excluding hydrogens is 530 g/mol. The van der Waals surface area contributed by atoms with E-state index in [1.54, 1.807) is 18.5 Å². The number of ether oxygens (including phenoxy) is 1. The van der Waals surface area contributed by atoms with E-state index < -0.39 is 23.6 Å². The molecule has 0 spiro atoms. The van der Waals surface area contributed by atoms with Crippen LogP contribution in [0.3, 0.4) is 0 Å². The first-order chi connectivity index (χ1) is 19.2. The van der Waals surface area contributed by atoms with Gasteiger partial charge in [-0.3, -0.25) is 4.98 Å². The van der Waals surface area contributed by atoms with E-state index in [2.05, 4.69) is 44.6 Å². The van der Waals surface area contributed by atoms with Crippen LogP contribution in [0.15, 0.2) is 67.1 Å². The molecule has 4 rings (SSSR count). The molecule has 0 aliphatic heterocycles. The van der Waals surface area contributed by atoms with E-state index in [1.807, 2.05) is 4.57 Å². The van der Waals surface area contributed by atoms with Crippen molar-refractivity contribution in [1.29, 1.82) is 0 Å². The Kier molecular flexibility index (Phi) is 8.94. The lowest BCUT2D eigenvalue weighted by Crippen LogP contribution is -2.27. The van der Waals surface area contributed by atoms with Crippen LogP contribution in [-0.4, -0.2) is 50.3 Å². The largest absolute Gasteiger partial charge is 0.454 e. The van der Waals surface area contributed by atoms with Crippen LogP contribution >= 0.6 is 0 Å². The van der Waals surface area contributed by atoms with E-state index in [9.17, 15) is 22.4 Å². The van der Waals surface area contributed by atoms with E-state index in [1.165, 1.54) is 30.5 Å². The zero-order valence-corrected chi connectivity index (χ0v) is 21.7. The second kappa shape index (κ2) is 12.6. The summed E-state index contributed by atoms with van der Waals surface area (Å²) >= 11 is 0. The molecule has 0 aliphatic carbocycles. The predicted octanol–water partition coefficient (Wildman–Crippen LogP) is 6.28. The van der Waals surface area contributed by atoms with Gasteiger partial charge in [-0.1, -0.05) is 19.9 Å². The molecule has 0 atom stereocenters. The smallest absolute Gasteiger partial charge is 0.416 e. The average molecular weight is 558 g/mol. The van der Waals surface area contributed by atoms with Crippen molar-refractivity contribution in [2.45, 2.75) is 26.6 Å². The summed E-state index contributed by atoms with van der Waals surface area (Å²) < 4.78 is 61.1. The third-order valence-corrected chi connectivity index (χ3v) is 5.99. The van der Waals surface area contributed by atoms with Crippen LogP contribution in [0.2, 0.25) is 0 Å². The molecule has 0 fully saturated rings. The Morgan fingerprint density at radius 2 is 1.77 bits per heavy atom. The summed E-state index contributed by atoms with van der Waals surface area (Å²) in [5.41, 5.74) is -0.396. The highest BCUT2D eigenvalue weighted by atomic mass is 19.4. The molecule has 2 N–H and O–H groups in total. The second-order valence-electron chi connectivity index (χ2n) is 8.66. The highest BCUT2D eigenvalue weighted by Gasteiger charge is 2.30. The van der Waals surface area contributed by atoms with Crippen LogP contribution in [0.4, 0.5) is 33.7 Å². The van der Waals surface area contributed by atoms with Crippen molar-refractivity contribution < 1.29 is 27.1 Å². The summed E-state index contributed by atoms with van der Waals surface area (Å²) in [6.45, 7) is 7.52. The number of amides is 2. The van der Waals surface area contributed by atoms with E-state index >= 15 is 0 Å². The van der Waals surface area contributed by atoms with Gasteiger partial charge in [0.2, 0.25) is 0 Å². The summed E-state index contributed by atoms with van der Waals surface area (Å²) in [6.07, 6.45) is -1.41. The van der Waals surface area contributed by atoms with Crippen LogP contribution in [0, 0.1) is 5.82 Å². The highest BCUT2D eigenvalue weighted by molar-refractivity contribution is 5.99. The molecule has 13 heteroatoms. The SMILES string of the molecule is CCN(CC)CCn1cnnc1-c1cc(Oc2ccc(NC(=O)Nc3cccc(C(F)(F)F)c3)cc2F)ccn1. The number of carbonyl (C=O) groups is 1. The Hall–Kier alpha value is -4.52. The lowest BCUT2D eigenvalue weighted by Gasteiger charge is -2.18. The fourth-order valence-corrected chi connectivity index (χ4v) is 3.86. The van der Waals surface area contributed by atoms with Crippen molar-refractivity contribution in [3.63, 3.8) is 0 Å². The number of halogens is 4. The summed E-state index contributed by atoms with van der Waals surface area (Å²) in [5.74, 6) is -0.0174. The first-order valence-corrected chi connectivity index (χ1v) is 12.5. The number of aromatic nitrogens is 4. The Morgan fingerprint density at radius 3 is 2.48 bits per heavy atom. The maximum absolute atomic E-state index is 14.8. The van der Waals surface area contributed by atoms with Crippen LogP contribution in [0.25, 0.3) is 11.5 Å². The van der Waals surface area contributed by atoms with Gasteiger partial charge in [0.25, 0.3) is 0 Å². The molecule has 2 aromatic heterocycles. The van der Waals surface area contributed by atoms with Crippen LogP contribution in [0.5, 0.6) is 11.5 Å². The minimum Gasteiger partial charge on any atom is -0.454 e. The van der Waals surface area contributed by atoms with Gasteiger partial charge in [-0.2, -0.15) is 13.2 Å². The maximum atomic E-state index is 14.8. The van der Waals surface area contributed by atoms with E-state index in [-0.39, 0.29) is 17.1 Å². The Morgan fingerprint density at radius 1 is 1.02 bits per heavy atom. The summed E-state index contributed by atoms with van der Waals surface area (Å²) in [4.78, 5) is 18.9. The number of benzene rings is 2. The van der Waals surface area contributed by atoms with Crippen molar-refractivity contribution in [3.8, 4) is 23.0 Å². The van der Waals surface area contributed by atoms with Crippen molar-refractivity contribution in [2.75, 3.05) is 30.3 Å². The molecule has 0 aliphatic rings. The number of rotatable bonds is 10. The van der Waals surface area contributed by atoms with Gasteiger partial charge in [-0.05, 0) is 49.5 Å². The van der Waals surface area contributed by atoms with Gasteiger partial charge >= 0.3 is 12.2 Å². The number of urea groups is 1. The number of nitrogens with zero attached hydrogens (tertiary/aromatic N) is 5. The lowest BCUT2D eigenvalue weighted by molar-refractivity contribution is -0.137. The topological polar surface area (TPSA) is 97.2 Å². The van der Waals surface area contributed by atoms with Gasteiger partial charge < -0.3 is 24.8 Å². The number of hydrogen-bond acceptors (Lipinski definition) is 6. The van der Waals surface area contributed by atoms with E-state index in [0.717, 1.165) is 37.8 Å². The van der Waals surface area contributed by atoms with Gasteiger partial charge in [0.15, 0.2) is 17.4 Å². The zero-order valence-electron chi connectivity index (χ0n) is 21.7. The number of hydrogen-bond donors (Lipinski definition) is 2. The van der Waals surface area contributed by atoms with Crippen LogP contribution in [0.1, 0.15) is 19.4 Å². The van der Waals surface area contributed by atoms with Crippen molar-refractivity contribution in [1.82, 2.24) is 24.6 Å². The Bertz CT molecular complexity index is 1450. The van der Waals surface area contributed by atoms with Gasteiger partial charge in [0, 0.05) is 42.8 Å². The molecule has 0 saturated carbocycles. The molecule has 0 unspecified atom stereocenters. The molecule has 2 aromatic carbocycles. The van der Waals surface area contributed by atoms with E-state index in [4.69, 9.17) is 4.74 Å². The third-order valence-electron chi connectivity index (χ3n) is 5.99. The first kappa shape index (κ1) is 28.5. The maximum Gasteiger partial charge on any atom is 0.416 e. The number of likely N-dealkylation sites (N-methyl/N-ethyl adjacent to an activating group) is 1. The molecule has 2 heterocycles. The minimum atomic E-state index is -4.55. The summed E-state index contributed by atoms with van der Waals surface area (Å²) in [7, 11) is 0. The van der Waals surface area contributed by atoms with Crippen molar-refractivity contribution in [2.24, 2.45) is 0 Å². The van der Waals surface area contributed by atoms with E-state index in [0.29, 0.717) is 23.8 Å². The molecule has 40 heavy (non-hydrogen) atoms. The summed E-state index contributed by atoms with van der Waals surface area (Å²) in [5, 5.41) is 12.8. The second-order valence-corrected chi connectivity index (χ2v) is 8.66. The number of nitrogens with one attached hydrogen (secondary N) is 2. The fraction of sp³-hybridized carbons (Fsp3) is 0.259. The zero-order chi connectivity index (χ0) is 28.7. The Balaban J connectivity index is 1.41. The molecule has 2 amide bonds. The molecule has 210 valence electrons. The fourth-order valence-electron chi connectivity index (χ4n) is 3.86. The first-order valence-electron chi connectivity index (χ1n) is 12.5. The summed E-state index contributed by atoms with van der Waals surface area (Å²) in [6, 6.07) is 10.3. The lowest BCUT2D eigenvalue weighted by atomic mass is 10.2. The van der Waals surface area contributed by atoms with Gasteiger partial charge in [0.05, 0.1) is 5.56 Å².